The van der Waals surface area contributed by atoms with Crippen molar-refractivity contribution in [3.63, 3.8) is 0 Å². The van der Waals surface area contributed by atoms with Gasteiger partial charge in [-0.15, -0.1) is 22.7 Å². The molecule has 3 aromatic rings. The van der Waals surface area contributed by atoms with Crippen molar-refractivity contribution < 1.29 is 4.79 Å². The molecule has 3 aromatic heterocycles. The van der Waals surface area contributed by atoms with Crippen LogP contribution >= 0.6 is 34.3 Å². The minimum atomic E-state index is -0.0686. The average Bonchev–Trinajstić information content (AvgIpc) is 3.19. The van der Waals surface area contributed by atoms with Crippen molar-refractivity contribution in [1.29, 1.82) is 0 Å². The Bertz CT molecular complexity index is 790. The Labute approximate surface area is 141 Å². The van der Waals surface area contributed by atoms with E-state index in [-0.39, 0.29) is 5.91 Å². The van der Waals surface area contributed by atoms with Crippen LogP contribution in [0.25, 0.3) is 10.4 Å². The van der Waals surface area contributed by atoms with E-state index < -0.39 is 0 Å². The molecule has 0 atom stereocenters. The van der Waals surface area contributed by atoms with Crippen molar-refractivity contribution in [3.8, 4) is 10.4 Å². The molecule has 0 aromatic carbocycles. The molecule has 22 heavy (non-hydrogen) atoms. The van der Waals surface area contributed by atoms with E-state index in [0.717, 1.165) is 12.0 Å². The number of amides is 1. The molecule has 114 valence electrons. The Morgan fingerprint density at radius 2 is 2.18 bits per heavy atom. The SMILES string of the molecule is Cn1cc(-c2ccc(CCNC(=O)c3ccc(Cl)s3)s2)cn1. The number of hydrogen-bond acceptors (Lipinski definition) is 4. The summed E-state index contributed by atoms with van der Waals surface area (Å²) in [7, 11) is 1.91. The van der Waals surface area contributed by atoms with Gasteiger partial charge in [-0.05, 0) is 30.7 Å². The summed E-state index contributed by atoms with van der Waals surface area (Å²) >= 11 is 8.85. The second-order valence-electron chi connectivity index (χ2n) is 4.78. The highest BCUT2D eigenvalue weighted by molar-refractivity contribution is 7.18. The van der Waals surface area contributed by atoms with Gasteiger partial charge in [0.15, 0.2) is 0 Å². The lowest BCUT2D eigenvalue weighted by molar-refractivity contribution is 0.0958. The van der Waals surface area contributed by atoms with Crippen LogP contribution in [0.2, 0.25) is 4.34 Å². The predicted octanol–water partition coefficient (Wildman–Crippen LogP) is 3.84. The predicted molar refractivity (Wildman–Crippen MR) is 91.9 cm³/mol. The number of rotatable bonds is 5. The number of halogens is 1. The molecule has 0 aliphatic heterocycles. The van der Waals surface area contributed by atoms with Crippen LogP contribution in [0.15, 0.2) is 36.7 Å². The maximum Gasteiger partial charge on any atom is 0.261 e. The number of aryl methyl sites for hydroxylation is 1. The number of hydrogen-bond donors (Lipinski definition) is 1. The zero-order chi connectivity index (χ0) is 15.5. The van der Waals surface area contributed by atoms with Gasteiger partial charge in [0.2, 0.25) is 0 Å². The second-order valence-corrected chi connectivity index (χ2v) is 7.66. The molecule has 1 amide bonds. The molecule has 0 aliphatic carbocycles. The van der Waals surface area contributed by atoms with Crippen molar-refractivity contribution in [2.45, 2.75) is 6.42 Å². The molecule has 3 rings (SSSR count). The van der Waals surface area contributed by atoms with E-state index in [1.807, 2.05) is 19.4 Å². The molecule has 7 heteroatoms. The van der Waals surface area contributed by atoms with Crippen LogP contribution in [0.3, 0.4) is 0 Å². The maximum absolute atomic E-state index is 11.9. The van der Waals surface area contributed by atoms with Crippen molar-refractivity contribution in [3.05, 3.63) is 50.7 Å². The van der Waals surface area contributed by atoms with Gasteiger partial charge in [-0.1, -0.05) is 11.6 Å². The highest BCUT2D eigenvalue weighted by atomic mass is 35.5. The first-order valence-electron chi connectivity index (χ1n) is 6.73. The van der Waals surface area contributed by atoms with Gasteiger partial charge in [0, 0.05) is 35.1 Å². The van der Waals surface area contributed by atoms with Gasteiger partial charge in [-0.3, -0.25) is 9.48 Å². The summed E-state index contributed by atoms with van der Waals surface area (Å²) in [6, 6.07) is 7.67. The Kier molecular flexibility index (Phi) is 4.61. The Morgan fingerprint density at radius 1 is 1.32 bits per heavy atom. The third kappa shape index (κ3) is 3.58. The van der Waals surface area contributed by atoms with E-state index in [1.165, 1.54) is 21.1 Å². The van der Waals surface area contributed by atoms with Crippen molar-refractivity contribution >= 4 is 40.2 Å². The van der Waals surface area contributed by atoms with Gasteiger partial charge in [0.1, 0.15) is 0 Å². The molecule has 0 saturated heterocycles. The first-order valence-corrected chi connectivity index (χ1v) is 8.74. The van der Waals surface area contributed by atoms with Crippen molar-refractivity contribution in [2.75, 3.05) is 6.54 Å². The highest BCUT2D eigenvalue weighted by Crippen LogP contribution is 2.27. The fourth-order valence-corrected chi connectivity index (χ4v) is 3.98. The van der Waals surface area contributed by atoms with Crippen LogP contribution < -0.4 is 5.32 Å². The van der Waals surface area contributed by atoms with Gasteiger partial charge in [0.05, 0.1) is 15.4 Å². The zero-order valence-corrected chi connectivity index (χ0v) is 14.3. The minimum absolute atomic E-state index is 0.0686. The highest BCUT2D eigenvalue weighted by Gasteiger charge is 2.09. The Hall–Kier alpha value is -1.63. The number of carbonyl (C=O) groups is 1. The van der Waals surface area contributed by atoms with Gasteiger partial charge < -0.3 is 5.32 Å². The van der Waals surface area contributed by atoms with E-state index in [1.54, 1.807) is 28.2 Å². The molecular formula is C15H14ClN3OS2. The third-order valence-electron chi connectivity index (χ3n) is 3.10. The van der Waals surface area contributed by atoms with Crippen molar-refractivity contribution in [1.82, 2.24) is 15.1 Å². The van der Waals surface area contributed by atoms with Crippen LogP contribution in [0.4, 0.5) is 0 Å². The minimum Gasteiger partial charge on any atom is -0.351 e. The summed E-state index contributed by atoms with van der Waals surface area (Å²) in [6.45, 7) is 0.612. The Morgan fingerprint density at radius 3 is 2.86 bits per heavy atom. The van der Waals surface area contributed by atoms with E-state index in [9.17, 15) is 4.79 Å². The lowest BCUT2D eigenvalue weighted by Crippen LogP contribution is -2.24. The largest absolute Gasteiger partial charge is 0.351 e. The van der Waals surface area contributed by atoms with Crippen LogP contribution in [0.5, 0.6) is 0 Å². The molecule has 1 N–H and O–H groups in total. The average molecular weight is 352 g/mol. The molecule has 4 nitrogen and oxygen atoms in total. The first kappa shape index (κ1) is 15.3. The molecule has 0 spiro atoms. The molecule has 0 bridgehead atoms. The summed E-state index contributed by atoms with van der Waals surface area (Å²) in [5, 5.41) is 7.10. The smallest absolute Gasteiger partial charge is 0.261 e. The van der Waals surface area contributed by atoms with E-state index in [2.05, 4.69) is 22.5 Å². The Balaban J connectivity index is 1.54. The van der Waals surface area contributed by atoms with Gasteiger partial charge in [-0.25, -0.2) is 0 Å². The molecule has 0 fully saturated rings. The van der Waals surface area contributed by atoms with Crippen LogP contribution in [-0.4, -0.2) is 22.2 Å². The molecule has 0 aliphatic rings. The number of nitrogens with zero attached hydrogens (tertiary/aromatic N) is 2. The number of thiophene rings is 2. The normalized spacial score (nSPS) is 10.8. The fraction of sp³-hybridized carbons (Fsp3) is 0.200. The third-order valence-corrected chi connectivity index (χ3v) is 5.53. The number of aromatic nitrogens is 2. The lowest BCUT2D eigenvalue weighted by Gasteiger charge is -2.01. The quantitative estimate of drug-likeness (QED) is 0.759. The molecule has 0 unspecified atom stereocenters. The van der Waals surface area contributed by atoms with Crippen LogP contribution in [0, 0.1) is 0 Å². The van der Waals surface area contributed by atoms with E-state index >= 15 is 0 Å². The maximum atomic E-state index is 11.9. The zero-order valence-electron chi connectivity index (χ0n) is 11.9. The topological polar surface area (TPSA) is 46.9 Å². The molecule has 0 radical (unpaired) electrons. The first-order chi connectivity index (χ1) is 10.6. The molecular weight excluding hydrogens is 338 g/mol. The van der Waals surface area contributed by atoms with Gasteiger partial charge in [-0.2, -0.15) is 5.10 Å². The summed E-state index contributed by atoms with van der Waals surface area (Å²) < 4.78 is 2.42. The van der Waals surface area contributed by atoms with Crippen molar-refractivity contribution in [2.24, 2.45) is 7.05 Å². The number of carbonyl (C=O) groups excluding carboxylic acids is 1. The standard InChI is InChI=1S/C15H14ClN3OS2/c1-19-9-10(8-18-19)12-3-2-11(21-12)6-7-17-15(20)13-4-5-14(16)22-13/h2-5,8-9H,6-7H2,1H3,(H,17,20). The summed E-state index contributed by atoms with van der Waals surface area (Å²) in [5.41, 5.74) is 1.12. The fourth-order valence-electron chi connectivity index (χ4n) is 2.04. The van der Waals surface area contributed by atoms with Crippen LogP contribution in [-0.2, 0) is 13.5 Å². The summed E-state index contributed by atoms with van der Waals surface area (Å²) in [4.78, 5) is 15.0. The monoisotopic (exact) mass is 351 g/mol. The van der Waals surface area contributed by atoms with E-state index in [4.69, 9.17) is 11.6 Å². The summed E-state index contributed by atoms with van der Waals surface area (Å²) in [6.07, 6.45) is 4.67. The van der Waals surface area contributed by atoms with Gasteiger partial charge in [0.25, 0.3) is 5.91 Å². The van der Waals surface area contributed by atoms with E-state index in [0.29, 0.717) is 15.8 Å². The molecule has 0 saturated carbocycles. The van der Waals surface area contributed by atoms with Crippen LogP contribution in [0.1, 0.15) is 14.5 Å². The van der Waals surface area contributed by atoms with Gasteiger partial charge >= 0.3 is 0 Å². The molecule has 3 heterocycles. The lowest BCUT2D eigenvalue weighted by atomic mass is 10.3. The second kappa shape index (κ2) is 6.64. The number of nitrogens with one attached hydrogen (secondary N) is 1. The summed E-state index contributed by atoms with van der Waals surface area (Å²) in [5.74, 6) is -0.0686.